The van der Waals surface area contributed by atoms with Crippen LogP contribution < -0.4 is 11.1 Å². The van der Waals surface area contributed by atoms with Crippen molar-refractivity contribution in [1.82, 2.24) is 15.2 Å². The van der Waals surface area contributed by atoms with Gasteiger partial charge >= 0.3 is 0 Å². The van der Waals surface area contributed by atoms with Gasteiger partial charge < -0.3 is 16.0 Å². The lowest BCUT2D eigenvalue weighted by Crippen LogP contribution is -2.32. The van der Waals surface area contributed by atoms with E-state index in [0.717, 1.165) is 18.7 Å². The number of anilines is 1. The van der Waals surface area contributed by atoms with Crippen molar-refractivity contribution in [3.63, 3.8) is 0 Å². The summed E-state index contributed by atoms with van der Waals surface area (Å²) in [4.78, 5) is 17.9. The Morgan fingerprint density at radius 3 is 2.89 bits per heavy atom. The minimum atomic E-state index is 0.00694. The van der Waals surface area contributed by atoms with Crippen molar-refractivity contribution in [2.75, 3.05) is 25.9 Å². The average molecular weight is 270 g/mol. The van der Waals surface area contributed by atoms with Gasteiger partial charge in [0.25, 0.3) is 0 Å². The highest BCUT2D eigenvalue weighted by molar-refractivity contribution is 7.13. The van der Waals surface area contributed by atoms with Crippen molar-refractivity contribution in [2.24, 2.45) is 0 Å². The molecule has 0 fully saturated rings. The van der Waals surface area contributed by atoms with Crippen LogP contribution in [0.15, 0.2) is 5.38 Å². The van der Waals surface area contributed by atoms with Gasteiger partial charge in [0.15, 0.2) is 5.13 Å². The highest BCUT2D eigenvalue weighted by Crippen LogP contribution is 2.11. The first-order valence-electron chi connectivity index (χ1n) is 6.16. The summed E-state index contributed by atoms with van der Waals surface area (Å²) >= 11 is 1.36. The summed E-state index contributed by atoms with van der Waals surface area (Å²) in [6.45, 7) is 6.01. The standard InChI is InChI=1S/C12H22N4OS/c1-9(2)16(3)6-4-5-14-11(17)7-10-8-18-12(13)15-10/h8-9H,4-7H2,1-3H3,(H2,13,15)(H,14,17). The number of aromatic nitrogens is 1. The van der Waals surface area contributed by atoms with Crippen molar-refractivity contribution < 1.29 is 4.79 Å². The third-order valence-corrected chi connectivity index (χ3v) is 3.53. The van der Waals surface area contributed by atoms with Gasteiger partial charge in [-0.05, 0) is 33.9 Å². The fourth-order valence-electron chi connectivity index (χ4n) is 1.45. The minimum absolute atomic E-state index is 0.00694. The molecule has 1 aromatic heterocycles. The fraction of sp³-hybridized carbons (Fsp3) is 0.667. The number of nitrogens with one attached hydrogen (secondary N) is 1. The molecule has 0 aliphatic heterocycles. The predicted octanol–water partition coefficient (Wildman–Crippen LogP) is 1.11. The van der Waals surface area contributed by atoms with E-state index >= 15 is 0 Å². The summed E-state index contributed by atoms with van der Waals surface area (Å²) < 4.78 is 0. The van der Waals surface area contributed by atoms with E-state index in [2.05, 4.69) is 36.1 Å². The monoisotopic (exact) mass is 270 g/mol. The SMILES string of the molecule is CC(C)N(C)CCCNC(=O)Cc1csc(N)n1. The topological polar surface area (TPSA) is 71.2 Å². The number of hydrogen-bond acceptors (Lipinski definition) is 5. The van der Waals surface area contributed by atoms with Gasteiger partial charge in [-0.15, -0.1) is 11.3 Å². The normalized spacial score (nSPS) is 11.2. The van der Waals surface area contributed by atoms with Crippen LogP contribution in [0, 0.1) is 0 Å². The number of nitrogen functional groups attached to an aromatic ring is 1. The number of rotatable bonds is 7. The van der Waals surface area contributed by atoms with Gasteiger partial charge in [-0.2, -0.15) is 0 Å². The Kier molecular flexibility index (Phi) is 6.07. The van der Waals surface area contributed by atoms with Crippen molar-refractivity contribution in [3.05, 3.63) is 11.1 Å². The molecule has 102 valence electrons. The van der Waals surface area contributed by atoms with Gasteiger partial charge in [-0.1, -0.05) is 0 Å². The van der Waals surface area contributed by atoms with Crippen LogP contribution >= 0.6 is 11.3 Å². The number of nitrogens with zero attached hydrogens (tertiary/aromatic N) is 2. The molecule has 1 amide bonds. The summed E-state index contributed by atoms with van der Waals surface area (Å²) in [5.41, 5.74) is 6.25. The van der Waals surface area contributed by atoms with Gasteiger partial charge in [0.2, 0.25) is 5.91 Å². The Balaban J connectivity index is 2.14. The van der Waals surface area contributed by atoms with Crippen LogP contribution in [0.25, 0.3) is 0 Å². The third-order valence-electron chi connectivity index (χ3n) is 2.80. The molecule has 0 aliphatic carbocycles. The molecule has 3 N–H and O–H groups in total. The molecule has 0 saturated heterocycles. The van der Waals surface area contributed by atoms with Gasteiger partial charge in [0.05, 0.1) is 12.1 Å². The molecule has 1 heterocycles. The maximum absolute atomic E-state index is 11.6. The second-order valence-electron chi connectivity index (χ2n) is 4.63. The van der Waals surface area contributed by atoms with E-state index in [1.807, 2.05) is 5.38 Å². The smallest absolute Gasteiger partial charge is 0.226 e. The number of thiazole rings is 1. The van der Waals surface area contributed by atoms with Gasteiger partial charge in [-0.25, -0.2) is 4.98 Å². The van der Waals surface area contributed by atoms with Crippen LogP contribution in [-0.4, -0.2) is 42.0 Å². The van der Waals surface area contributed by atoms with Gasteiger partial charge in [0.1, 0.15) is 0 Å². The lowest BCUT2D eigenvalue weighted by Gasteiger charge is -2.20. The van der Waals surface area contributed by atoms with Gasteiger partial charge in [0, 0.05) is 18.0 Å². The molecule has 5 nitrogen and oxygen atoms in total. The van der Waals surface area contributed by atoms with Crippen LogP contribution in [0.2, 0.25) is 0 Å². The summed E-state index contributed by atoms with van der Waals surface area (Å²) in [6, 6.07) is 0.540. The molecular weight excluding hydrogens is 248 g/mol. The fourth-order valence-corrected chi connectivity index (χ4v) is 2.01. The van der Waals surface area contributed by atoms with Crippen LogP contribution in [0.4, 0.5) is 5.13 Å². The van der Waals surface area contributed by atoms with Crippen molar-refractivity contribution in [1.29, 1.82) is 0 Å². The molecular formula is C12H22N4OS. The molecule has 0 unspecified atom stereocenters. The second kappa shape index (κ2) is 7.33. The Hall–Kier alpha value is -1.14. The van der Waals surface area contributed by atoms with E-state index in [1.54, 1.807) is 0 Å². The molecule has 0 radical (unpaired) electrons. The van der Waals surface area contributed by atoms with Gasteiger partial charge in [-0.3, -0.25) is 4.79 Å². The number of carbonyl (C=O) groups excluding carboxylic acids is 1. The molecule has 0 atom stereocenters. The van der Waals surface area contributed by atoms with Crippen LogP contribution in [0.1, 0.15) is 26.0 Å². The van der Waals surface area contributed by atoms with Crippen LogP contribution in [0.5, 0.6) is 0 Å². The maximum atomic E-state index is 11.6. The van der Waals surface area contributed by atoms with Crippen molar-refractivity contribution >= 4 is 22.4 Å². The number of hydrogen-bond donors (Lipinski definition) is 2. The Labute approximate surface area is 112 Å². The van der Waals surface area contributed by atoms with Crippen molar-refractivity contribution in [3.8, 4) is 0 Å². The molecule has 6 heteroatoms. The largest absolute Gasteiger partial charge is 0.375 e. The highest BCUT2D eigenvalue weighted by atomic mass is 32.1. The van der Waals surface area contributed by atoms with E-state index in [1.165, 1.54) is 11.3 Å². The quantitative estimate of drug-likeness (QED) is 0.728. The maximum Gasteiger partial charge on any atom is 0.226 e. The molecule has 0 aliphatic rings. The summed E-state index contributed by atoms with van der Waals surface area (Å²) in [6.07, 6.45) is 1.27. The zero-order valence-corrected chi connectivity index (χ0v) is 12.1. The molecule has 0 saturated carbocycles. The number of carbonyl (C=O) groups is 1. The Morgan fingerprint density at radius 1 is 1.61 bits per heavy atom. The summed E-state index contributed by atoms with van der Waals surface area (Å²) in [5, 5.41) is 5.22. The first kappa shape index (κ1) is 14.9. The predicted molar refractivity (Wildman–Crippen MR) is 75.6 cm³/mol. The summed E-state index contributed by atoms with van der Waals surface area (Å²) in [7, 11) is 2.09. The molecule has 0 bridgehead atoms. The highest BCUT2D eigenvalue weighted by Gasteiger charge is 2.06. The zero-order chi connectivity index (χ0) is 13.5. The molecule has 1 rings (SSSR count). The molecule has 18 heavy (non-hydrogen) atoms. The first-order valence-corrected chi connectivity index (χ1v) is 7.04. The van der Waals surface area contributed by atoms with E-state index in [-0.39, 0.29) is 5.91 Å². The Bertz CT molecular complexity index is 378. The third kappa shape index (κ3) is 5.46. The number of amides is 1. The first-order chi connectivity index (χ1) is 8.49. The van der Waals surface area contributed by atoms with E-state index in [4.69, 9.17) is 5.73 Å². The molecule has 0 spiro atoms. The van der Waals surface area contributed by atoms with E-state index < -0.39 is 0 Å². The molecule has 1 aromatic rings. The van der Waals surface area contributed by atoms with E-state index in [9.17, 15) is 4.79 Å². The van der Waals surface area contributed by atoms with Crippen LogP contribution in [-0.2, 0) is 11.2 Å². The molecule has 0 aromatic carbocycles. The van der Waals surface area contributed by atoms with E-state index in [0.29, 0.717) is 24.1 Å². The summed E-state index contributed by atoms with van der Waals surface area (Å²) in [5.74, 6) is 0.00694. The lowest BCUT2D eigenvalue weighted by molar-refractivity contribution is -0.120. The van der Waals surface area contributed by atoms with Crippen molar-refractivity contribution in [2.45, 2.75) is 32.7 Å². The Morgan fingerprint density at radius 2 is 2.33 bits per heavy atom. The minimum Gasteiger partial charge on any atom is -0.375 e. The average Bonchev–Trinajstić information content (AvgIpc) is 2.69. The second-order valence-corrected chi connectivity index (χ2v) is 5.52. The van der Waals surface area contributed by atoms with Crippen LogP contribution in [0.3, 0.4) is 0 Å². The lowest BCUT2D eigenvalue weighted by atomic mass is 10.3. The zero-order valence-electron chi connectivity index (χ0n) is 11.3. The number of nitrogens with two attached hydrogens (primary N) is 1.